The molecule has 0 fully saturated rings. The highest BCUT2D eigenvalue weighted by Crippen LogP contribution is 2.10. The van der Waals surface area contributed by atoms with Crippen LogP contribution in [0.1, 0.15) is 25.3 Å². The van der Waals surface area contributed by atoms with E-state index >= 15 is 0 Å². The third-order valence-corrected chi connectivity index (χ3v) is 2.40. The smallest absolute Gasteiger partial charge is 0.328 e. The van der Waals surface area contributed by atoms with Crippen molar-refractivity contribution in [1.82, 2.24) is 5.32 Å². The van der Waals surface area contributed by atoms with Gasteiger partial charge in [-0.1, -0.05) is 25.5 Å². The van der Waals surface area contributed by atoms with Crippen LogP contribution in [0.4, 0.5) is 10.5 Å². The fourth-order valence-corrected chi connectivity index (χ4v) is 1.40. The number of rotatable bonds is 6. The topological polar surface area (TPSA) is 78.4 Å². The lowest BCUT2D eigenvalue weighted by atomic mass is 10.2. The lowest BCUT2D eigenvalue weighted by molar-refractivity contribution is -0.131. The van der Waals surface area contributed by atoms with Gasteiger partial charge >= 0.3 is 12.0 Å². The van der Waals surface area contributed by atoms with Crippen molar-refractivity contribution in [2.75, 3.05) is 11.9 Å². The molecule has 0 heterocycles. The van der Waals surface area contributed by atoms with Gasteiger partial charge in [-0.2, -0.15) is 0 Å². The molecular formula is C14H18N2O3. The van der Waals surface area contributed by atoms with Crippen molar-refractivity contribution in [1.29, 1.82) is 0 Å². The molecule has 0 bridgehead atoms. The maximum atomic E-state index is 11.5. The summed E-state index contributed by atoms with van der Waals surface area (Å²) in [5.41, 5.74) is 1.43. The molecule has 0 saturated carbocycles. The molecule has 5 nitrogen and oxygen atoms in total. The van der Waals surface area contributed by atoms with Gasteiger partial charge in [0.1, 0.15) is 0 Å². The number of carbonyl (C=O) groups excluding carboxylic acids is 1. The Hall–Kier alpha value is -2.30. The van der Waals surface area contributed by atoms with Crippen LogP contribution >= 0.6 is 0 Å². The van der Waals surface area contributed by atoms with E-state index in [1.165, 1.54) is 6.08 Å². The van der Waals surface area contributed by atoms with Gasteiger partial charge in [0.05, 0.1) is 0 Å². The first-order valence-electron chi connectivity index (χ1n) is 6.17. The summed E-state index contributed by atoms with van der Waals surface area (Å²) in [6.07, 6.45) is 4.55. The summed E-state index contributed by atoms with van der Waals surface area (Å²) in [5.74, 6) is -0.988. The monoisotopic (exact) mass is 262 g/mol. The summed E-state index contributed by atoms with van der Waals surface area (Å²) in [6, 6.07) is 6.69. The predicted octanol–water partition coefficient (Wildman–Crippen LogP) is 2.71. The number of aliphatic carboxylic acids is 1. The molecule has 0 unspecified atom stereocenters. The third-order valence-electron chi connectivity index (χ3n) is 2.40. The molecule has 0 saturated heterocycles. The van der Waals surface area contributed by atoms with E-state index in [-0.39, 0.29) is 6.03 Å². The Morgan fingerprint density at radius 1 is 1.26 bits per heavy atom. The van der Waals surface area contributed by atoms with Crippen LogP contribution in [0.5, 0.6) is 0 Å². The van der Waals surface area contributed by atoms with Crippen molar-refractivity contribution in [2.45, 2.75) is 19.8 Å². The van der Waals surface area contributed by atoms with E-state index in [0.29, 0.717) is 12.2 Å². The van der Waals surface area contributed by atoms with E-state index in [4.69, 9.17) is 5.11 Å². The number of carboxylic acid groups (broad SMARTS) is 1. The van der Waals surface area contributed by atoms with Crippen molar-refractivity contribution < 1.29 is 14.7 Å². The summed E-state index contributed by atoms with van der Waals surface area (Å²) in [6.45, 7) is 2.71. The molecule has 0 aromatic heterocycles. The van der Waals surface area contributed by atoms with Gasteiger partial charge in [0.25, 0.3) is 0 Å². The summed E-state index contributed by atoms with van der Waals surface area (Å²) in [4.78, 5) is 21.8. The van der Waals surface area contributed by atoms with Crippen LogP contribution in [0.3, 0.4) is 0 Å². The number of carboxylic acids is 1. The molecule has 3 N–H and O–H groups in total. The molecular weight excluding hydrogens is 244 g/mol. The van der Waals surface area contributed by atoms with E-state index in [2.05, 4.69) is 17.6 Å². The number of nitrogens with one attached hydrogen (secondary N) is 2. The van der Waals surface area contributed by atoms with Crippen LogP contribution in [0.2, 0.25) is 0 Å². The van der Waals surface area contributed by atoms with E-state index in [1.807, 2.05) is 0 Å². The van der Waals surface area contributed by atoms with Crippen molar-refractivity contribution in [3.05, 3.63) is 35.9 Å². The van der Waals surface area contributed by atoms with Gasteiger partial charge in [-0.15, -0.1) is 0 Å². The average Bonchev–Trinajstić information content (AvgIpc) is 2.38. The van der Waals surface area contributed by atoms with Crippen molar-refractivity contribution in [3.63, 3.8) is 0 Å². The minimum Gasteiger partial charge on any atom is -0.478 e. The summed E-state index contributed by atoms with van der Waals surface area (Å²) >= 11 is 0. The zero-order valence-corrected chi connectivity index (χ0v) is 10.8. The highest BCUT2D eigenvalue weighted by atomic mass is 16.4. The SMILES string of the molecule is CCCCNC(=O)Nc1ccc(/C=C/C(=O)O)cc1. The summed E-state index contributed by atoms with van der Waals surface area (Å²) in [7, 11) is 0. The first kappa shape index (κ1) is 14.8. The lowest BCUT2D eigenvalue weighted by Gasteiger charge is -2.07. The van der Waals surface area contributed by atoms with Gasteiger partial charge in [0.15, 0.2) is 0 Å². The van der Waals surface area contributed by atoms with Crippen LogP contribution in [0, 0.1) is 0 Å². The number of anilines is 1. The molecule has 0 atom stereocenters. The molecule has 19 heavy (non-hydrogen) atoms. The minimum absolute atomic E-state index is 0.234. The maximum absolute atomic E-state index is 11.5. The minimum atomic E-state index is -0.988. The Bertz CT molecular complexity index is 452. The van der Waals surface area contributed by atoms with E-state index in [1.54, 1.807) is 24.3 Å². The number of amides is 2. The van der Waals surface area contributed by atoms with Crippen LogP contribution < -0.4 is 10.6 Å². The average molecular weight is 262 g/mol. The van der Waals surface area contributed by atoms with Gasteiger partial charge in [-0.3, -0.25) is 0 Å². The Labute approximate surface area is 112 Å². The van der Waals surface area contributed by atoms with Gasteiger partial charge in [-0.25, -0.2) is 9.59 Å². The van der Waals surface area contributed by atoms with Crippen molar-refractivity contribution in [3.8, 4) is 0 Å². The van der Waals surface area contributed by atoms with Gasteiger partial charge < -0.3 is 15.7 Å². The highest BCUT2D eigenvalue weighted by molar-refractivity contribution is 5.89. The molecule has 1 aromatic carbocycles. The number of hydrogen-bond acceptors (Lipinski definition) is 2. The molecule has 2 amide bonds. The van der Waals surface area contributed by atoms with Crippen molar-refractivity contribution in [2.24, 2.45) is 0 Å². The molecule has 0 radical (unpaired) electrons. The number of hydrogen-bond donors (Lipinski definition) is 3. The zero-order valence-electron chi connectivity index (χ0n) is 10.8. The fraction of sp³-hybridized carbons (Fsp3) is 0.286. The molecule has 1 aromatic rings. The van der Waals surface area contributed by atoms with Crippen LogP contribution in [0.15, 0.2) is 30.3 Å². The lowest BCUT2D eigenvalue weighted by Crippen LogP contribution is -2.29. The standard InChI is InChI=1S/C14H18N2O3/c1-2-3-10-15-14(19)16-12-7-4-11(5-8-12)6-9-13(17)18/h4-9H,2-3,10H2,1H3,(H,17,18)(H2,15,16,19)/b9-6+. The molecule has 0 aliphatic heterocycles. The second-order valence-corrected chi connectivity index (χ2v) is 4.03. The molecule has 0 aliphatic carbocycles. The maximum Gasteiger partial charge on any atom is 0.328 e. The molecule has 5 heteroatoms. The number of urea groups is 1. The Morgan fingerprint density at radius 3 is 2.53 bits per heavy atom. The Balaban J connectivity index is 2.47. The Kier molecular flexibility index (Phi) is 6.15. The fourth-order valence-electron chi connectivity index (χ4n) is 1.40. The van der Waals surface area contributed by atoms with Crippen LogP contribution in [0.25, 0.3) is 6.08 Å². The van der Waals surface area contributed by atoms with Crippen LogP contribution in [-0.2, 0) is 4.79 Å². The number of carbonyl (C=O) groups is 2. The number of benzene rings is 1. The van der Waals surface area contributed by atoms with Gasteiger partial charge in [0, 0.05) is 18.3 Å². The van der Waals surface area contributed by atoms with E-state index in [9.17, 15) is 9.59 Å². The largest absolute Gasteiger partial charge is 0.478 e. The normalized spacial score (nSPS) is 10.4. The van der Waals surface area contributed by atoms with Crippen LogP contribution in [-0.4, -0.2) is 23.7 Å². The number of unbranched alkanes of at least 4 members (excludes halogenated alkanes) is 1. The highest BCUT2D eigenvalue weighted by Gasteiger charge is 2.00. The quantitative estimate of drug-likeness (QED) is 0.545. The second-order valence-electron chi connectivity index (χ2n) is 4.03. The predicted molar refractivity (Wildman–Crippen MR) is 75.0 cm³/mol. The molecule has 0 spiro atoms. The Morgan fingerprint density at radius 2 is 1.95 bits per heavy atom. The summed E-state index contributed by atoms with van der Waals surface area (Å²) in [5, 5.41) is 13.9. The molecule has 102 valence electrons. The van der Waals surface area contributed by atoms with E-state index < -0.39 is 5.97 Å². The first-order chi connectivity index (χ1) is 9.11. The third kappa shape index (κ3) is 6.26. The first-order valence-corrected chi connectivity index (χ1v) is 6.17. The summed E-state index contributed by atoms with van der Waals surface area (Å²) < 4.78 is 0. The van der Waals surface area contributed by atoms with E-state index in [0.717, 1.165) is 24.5 Å². The van der Waals surface area contributed by atoms with Gasteiger partial charge in [-0.05, 0) is 30.2 Å². The molecule has 0 aliphatic rings. The van der Waals surface area contributed by atoms with Crippen molar-refractivity contribution >= 4 is 23.8 Å². The second kappa shape index (κ2) is 7.92. The zero-order chi connectivity index (χ0) is 14.1. The van der Waals surface area contributed by atoms with Gasteiger partial charge in [0.2, 0.25) is 0 Å². The molecule has 1 rings (SSSR count).